The fourth-order valence-corrected chi connectivity index (χ4v) is 2.75. The molecule has 0 bridgehead atoms. The molecule has 0 saturated heterocycles. The van der Waals surface area contributed by atoms with Gasteiger partial charge in [0.15, 0.2) is 0 Å². The minimum absolute atomic E-state index is 0.0794. The maximum absolute atomic E-state index is 12.6. The van der Waals surface area contributed by atoms with E-state index in [1.54, 1.807) is 6.07 Å². The van der Waals surface area contributed by atoms with E-state index in [1.165, 1.54) is 12.1 Å². The Morgan fingerprint density at radius 3 is 2.38 bits per heavy atom. The number of halogens is 4. The van der Waals surface area contributed by atoms with Gasteiger partial charge in [0.25, 0.3) is 0 Å². The standard InChI is InChI=1S/C14H16ClF3N2O/c15-11-6-1-8(13(19)21)7-12(11)20-10-4-2-9(3-5-10)14(16,17)18/h1,6-7,9-10,20H,2-5H2,(H2,19,21). The van der Waals surface area contributed by atoms with Crippen LogP contribution in [0, 0.1) is 5.92 Å². The second kappa shape index (κ2) is 6.13. The molecule has 116 valence electrons. The fraction of sp³-hybridized carbons (Fsp3) is 0.500. The van der Waals surface area contributed by atoms with E-state index >= 15 is 0 Å². The molecule has 0 radical (unpaired) electrons. The molecule has 1 saturated carbocycles. The van der Waals surface area contributed by atoms with Gasteiger partial charge in [0, 0.05) is 11.6 Å². The number of primary amides is 1. The summed E-state index contributed by atoms with van der Waals surface area (Å²) in [5, 5.41) is 3.52. The van der Waals surface area contributed by atoms with Gasteiger partial charge in [0.05, 0.1) is 16.6 Å². The number of rotatable bonds is 3. The summed E-state index contributed by atoms with van der Waals surface area (Å²) in [6.07, 6.45) is -3.07. The normalized spacial score (nSPS) is 22.9. The van der Waals surface area contributed by atoms with Crippen molar-refractivity contribution in [2.75, 3.05) is 5.32 Å². The lowest BCUT2D eigenvalue weighted by Crippen LogP contribution is -2.32. The van der Waals surface area contributed by atoms with Crippen LogP contribution < -0.4 is 11.1 Å². The van der Waals surface area contributed by atoms with E-state index in [9.17, 15) is 18.0 Å². The van der Waals surface area contributed by atoms with Crippen LogP contribution in [-0.2, 0) is 0 Å². The minimum Gasteiger partial charge on any atom is -0.381 e. The van der Waals surface area contributed by atoms with Crippen LogP contribution in [0.25, 0.3) is 0 Å². The van der Waals surface area contributed by atoms with Gasteiger partial charge in [0.1, 0.15) is 0 Å². The molecular weight excluding hydrogens is 305 g/mol. The van der Waals surface area contributed by atoms with E-state index in [-0.39, 0.29) is 18.9 Å². The van der Waals surface area contributed by atoms with E-state index in [0.29, 0.717) is 29.1 Å². The number of hydrogen-bond donors (Lipinski definition) is 2. The van der Waals surface area contributed by atoms with Crippen LogP contribution in [0.3, 0.4) is 0 Å². The third-order valence-corrected chi connectivity index (χ3v) is 4.13. The largest absolute Gasteiger partial charge is 0.391 e. The summed E-state index contributed by atoms with van der Waals surface area (Å²) in [5.41, 5.74) is 6.04. The van der Waals surface area contributed by atoms with Crippen LogP contribution in [0.1, 0.15) is 36.0 Å². The predicted octanol–water partition coefficient (Wildman–Crippen LogP) is 3.97. The third kappa shape index (κ3) is 4.03. The van der Waals surface area contributed by atoms with E-state index < -0.39 is 18.0 Å². The van der Waals surface area contributed by atoms with Crippen molar-refractivity contribution in [2.24, 2.45) is 11.7 Å². The zero-order chi connectivity index (χ0) is 15.6. The molecule has 0 unspecified atom stereocenters. The van der Waals surface area contributed by atoms with E-state index in [0.717, 1.165) is 0 Å². The Kier molecular flexibility index (Phi) is 4.66. The molecule has 2 rings (SSSR count). The van der Waals surface area contributed by atoms with Crippen LogP contribution in [0.4, 0.5) is 18.9 Å². The number of anilines is 1. The molecule has 0 heterocycles. The zero-order valence-electron chi connectivity index (χ0n) is 11.2. The molecule has 0 aliphatic heterocycles. The predicted molar refractivity (Wildman–Crippen MR) is 75.4 cm³/mol. The molecule has 1 aliphatic carbocycles. The van der Waals surface area contributed by atoms with Crippen molar-refractivity contribution in [3.8, 4) is 0 Å². The maximum Gasteiger partial charge on any atom is 0.391 e. The smallest absolute Gasteiger partial charge is 0.381 e. The Balaban J connectivity index is 2.01. The fourth-order valence-electron chi connectivity index (χ4n) is 2.57. The van der Waals surface area contributed by atoms with E-state index in [1.807, 2.05) is 0 Å². The highest BCUT2D eigenvalue weighted by Crippen LogP contribution is 2.38. The van der Waals surface area contributed by atoms with Crippen molar-refractivity contribution in [1.29, 1.82) is 0 Å². The second-order valence-corrected chi connectivity index (χ2v) is 5.70. The highest BCUT2D eigenvalue weighted by molar-refractivity contribution is 6.33. The molecule has 1 aromatic carbocycles. The van der Waals surface area contributed by atoms with Crippen molar-refractivity contribution in [3.63, 3.8) is 0 Å². The Bertz CT molecular complexity index is 525. The number of nitrogens with two attached hydrogens (primary N) is 1. The zero-order valence-corrected chi connectivity index (χ0v) is 12.0. The molecule has 21 heavy (non-hydrogen) atoms. The van der Waals surface area contributed by atoms with Gasteiger partial charge in [-0.05, 0) is 43.9 Å². The number of carbonyl (C=O) groups is 1. The van der Waals surface area contributed by atoms with Crippen LogP contribution in [0.15, 0.2) is 18.2 Å². The van der Waals surface area contributed by atoms with Gasteiger partial charge in [-0.15, -0.1) is 0 Å². The molecule has 1 amide bonds. The van der Waals surface area contributed by atoms with Crippen molar-refractivity contribution in [1.82, 2.24) is 0 Å². The molecule has 3 N–H and O–H groups in total. The number of benzene rings is 1. The lowest BCUT2D eigenvalue weighted by atomic mass is 9.85. The Labute approximate surface area is 125 Å². The highest BCUT2D eigenvalue weighted by atomic mass is 35.5. The first-order valence-electron chi connectivity index (χ1n) is 6.70. The topological polar surface area (TPSA) is 55.1 Å². The average Bonchev–Trinajstić information content (AvgIpc) is 2.40. The van der Waals surface area contributed by atoms with Crippen LogP contribution in [0.2, 0.25) is 5.02 Å². The molecule has 7 heteroatoms. The molecular formula is C14H16ClF3N2O. The van der Waals surface area contributed by atoms with Crippen molar-refractivity contribution in [2.45, 2.75) is 37.9 Å². The van der Waals surface area contributed by atoms with Crippen LogP contribution in [-0.4, -0.2) is 18.1 Å². The van der Waals surface area contributed by atoms with Crippen LogP contribution >= 0.6 is 11.6 Å². The van der Waals surface area contributed by atoms with Crippen molar-refractivity contribution in [3.05, 3.63) is 28.8 Å². The summed E-state index contributed by atoms with van der Waals surface area (Å²) >= 11 is 6.03. The molecule has 0 spiro atoms. The van der Waals surface area contributed by atoms with Gasteiger partial charge in [-0.2, -0.15) is 13.2 Å². The molecule has 0 atom stereocenters. The number of carbonyl (C=O) groups excluding carboxylic acids is 1. The lowest BCUT2D eigenvalue weighted by Gasteiger charge is -2.31. The minimum atomic E-state index is -4.12. The number of amides is 1. The van der Waals surface area contributed by atoms with Crippen molar-refractivity contribution >= 4 is 23.2 Å². The van der Waals surface area contributed by atoms with E-state index in [4.69, 9.17) is 17.3 Å². The first kappa shape index (κ1) is 15.9. The highest BCUT2D eigenvalue weighted by Gasteiger charge is 2.41. The summed E-state index contributed by atoms with van der Waals surface area (Å²) < 4.78 is 37.8. The quantitative estimate of drug-likeness (QED) is 0.885. The monoisotopic (exact) mass is 320 g/mol. The maximum atomic E-state index is 12.6. The molecule has 1 aliphatic rings. The van der Waals surface area contributed by atoms with E-state index in [2.05, 4.69) is 5.32 Å². The van der Waals surface area contributed by atoms with Gasteiger partial charge in [-0.3, -0.25) is 4.79 Å². The van der Waals surface area contributed by atoms with Gasteiger partial charge in [0.2, 0.25) is 5.91 Å². The van der Waals surface area contributed by atoms with Gasteiger partial charge < -0.3 is 11.1 Å². The first-order valence-corrected chi connectivity index (χ1v) is 7.08. The number of hydrogen-bond acceptors (Lipinski definition) is 2. The average molecular weight is 321 g/mol. The number of nitrogens with one attached hydrogen (secondary N) is 1. The molecule has 3 nitrogen and oxygen atoms in total. The summed E-state index contributed by atoms with van der Waals surface area (Å²) in [7, 11) is 0. The Morgan fingerprint density at radius 1 is 1.24 bits per heavy atom. The second-order valence-electron chi connectivity index (χ2n) is 5.29. The molecule has 0 aromatic heterocycles. The van der Waals surface area contributed by atoms with Gasteiger partial charge >= 0.3 is 6.18 Å². The Hall–Kier alpha value is -1.43. The first-order chi connectivity index (χ1) is 9.77. The number of alkyl halides is 3. The van der Waals surface area contributed by atoms with Gasteiger partial charge in [-0.1, -0.05) is 11.6 Å². The Morgan fingerprint density at radius 2 is 1.86 bits per heavy atom. The molecule has 1 fully saturated rings. The third-order valence-electron chi connectivity index (χ3n) is 3.80. The summed E-state index contributed by atoms with van der Waals surface area (Å²) in [5.74, 6) is -1.79. The summed E-state index contributed by atoms with van der Waals surface area (Å²) in [6, 6.07) is 4.51. The summed E-state index contributed by atoms with van der Waals surface area (Å²) in [4.78, 5) is 11.1. The SMILES string of the molecule is NC(=O)c1ccc(Cl)c(NC2CCC(C(F)(F)F)CC2)c1. The molecule has 1 aromatic rings. The van der Waals surface area contributed by atoms with Gasteiger partial charge in [-0.25, -0.2) is 0 Å². The van der Waals surface area contributed by atoms with Crippen LogP contribution in [0.5, 0.6) is 0 Å². The lowest BCUT2D eigenvalue weighted by molar-refractivity contribution is -0.182. The summed E-state index contributed by atoms with van der Waals surface area (Å²) in [6.45, 7) is 0. The van der Waals surface area contributed by atoms with Crippen molar-refractivity contribution < 1.29 is 18.0 Å².